The van der Waals surface area contributed by atoms with Crippen molar-refractivity contribution in [2.24, 2.45) is 17.3 Å². The van der Waals surface area contributed by atoms with E-state index in [2.05, 4.69) is 59.7 Å². The molecule has 6 heteroatoms. The summed E-state index contributed by atoms with van der Waals surface area (Å²) in [5.74, 6) is 1.29. The van der Waals surface area contributed by atoms with Gasteiger partial charge >= 0.3 is 6.18 Å². The van der Waals surface area contributed by atoms with Gasteiger partial charge in [-0.15, -0.1) is 0 Å². The third-order valence-corrected chi connectivity index (χ3v) is 9.37. The van der Waals surface area contributed by atoms with Crippen LogP contribution < -0.4 is 0 Å². The molecule has 0 amide bonds. The van der Waals surface area contributed by atoms with Crippen LogP contribution in [0.5, 0.6) is 0 Å². The summed E-state index contributed by atoms with van der Waals surface area (Å²) in [7, 11) is 0. The normalized spacial score (nSPS) is 22.7. The van der Waals surface area contributed by atoms with Gasteiger partial charge in [-0.05, 0) is 93.5 Å². The lowest BCUT2D eigenvalue weighted by molar-refractivity contribution is -0.256. The van der Waals surface area contributed by atoms with Crippen LogP contribution in [0.15, 0.2) is 49.2 Å². The zero-order valence-corrected chi connectivity index (χ0v) is 22.8. The van der Waals surface area contributed by atoms with E-state index in [0.717, 1.165) is 80.3 Å². The maximum Gasteiger partial charge on any atom is 0.395 e. The zero-order valence-electron chi connectivity index (χ0n) is 22.8. The van der Waals surface area contributed by atoms with Crippen molar-refractivity contribution in [3.05, 3.63) is 60.4 Å². The van der Waals surface area contributed by atoms with Gasteiger partial charge in [-0.25, -0.2) is 0 Å². The first kappa shape index (κ1) is 27.2. The fraction of sp³-hybridized carbons (Fsp3) is 0.594. The van der Waals surface area contributed by atoms with Gasteiger partial charge in [0.05, 0.1) is 5.41 Å². The molecule has 0 N–H and O–H groups in total. The van der Waals surface area contributed by atoms with Crippen molar-refractivity contribution in [2.75, 3.05) is 32.7 Å². The van der Waals surface area contributed by atoms with Gasteiger partial charge in [0.15, 0.2) is 0 Å². The Kier molecular flexibility index (Phi) is 8.18. The van der Waals surface area contributed by atoms with Crippen LogP contribution in [0.25, 0.3) is 16.8 Å². The van der Waals surface area contributed by atoms with Crippen molar-refractivity contribution in [2.45, 2.75) is 70.9 Å². The predicted octanol–water partition coefficient (Wildman–Crippen LogP) is 7.83. The highest BCUT2D eigenvalue weighted by molar-refractivity contribution is 5.68. The molecule has 1 unspecified atom stereocenters. The molecule has 0 bridgehead atoms. The summed E-state index contributed by atoms with van der Waals surface area (Å²) in [6.07, 6.45) is 5.69. The molecule has 2 saturated heterocycles. The van der Waals surface area contributed by atoms with Crippen LogP contribution >= 0.6 is 0 Å². The fourth-order valence-corrected chi connectivity index (χ4v) is 6.56. The molecule has 1 aromatic heterocycles. The van der Waals surface area contributed by atoms with Gasteiger partial charge < -0.3 is 9.80 Å². The lowest BCUT2D eigenvalue weighted by Crippen LogP contribution is -2.53. The fourth-order valence-electron chi connectivity index (χ4n) is 6.56. The second-order valence-electron chi connectivity index (χ2n) is 12.1. The minimum absolute atomic E-state index is 0.193. The van der Waals surface area contributed by atoms with Crippen molar-refractivity contribution in [3.8, 4) is 11.1 Å². The quantitative estimate of drug-likeness (QED) is 0.350. The Labute approximate surface area is 226 Å². The topological polar surface area (TPSA) is 19.4 Å². The number of halogens is 3. The summed E-state index contributed by atoms with van der Waals surface area (Å²) in [5, 5.41) is 0. The van der Waals surface area contributed by atoms with E-state index in [-0.39, 0.29) is 6.54 Å². The lowest BCUT2D eigenvalue weighted by Gasteiger charge is -2.47. The van der Waals surface area contributed by atoms with Crippen molar-refractivity contribution < 1.29 is 13.2 Å². The minimum Gasteiger partial charge on any atom is -0.371 e. The summed E-state index contributed by atoms with van der Waals surface area (Å²) in [6.45, 7) is 10.6. The van der Waals surface area contributed by atoms with Crippen LogP contribution in [0.3, 0.4) is 0 Å². The molecule has 2 aliphatic heterocycles. The Morgan fingerprint density at radius 1 is 0.974 bits per heavy atom. The van der Waals surface area contributed by atoms with Gasteiger partial charge in [-0.3, -0.25) is 4.98 Å². The third kappa shape index (κ3) is 6.11. The number of benzene rings is 1. The molecule has 3 fully saturated rings. The summed E-state index contributed by atoms with van der Waals surface area (Å²) >= 11 is 0. The molecule has 3 aliphatic rings. The summed E-state index contributed by atoms with van der Waals surface area (Å²) in [6, 6.07) is 12.9. The standard InChI is InChI=1S/C32H42F3N3/c1-24-5-3-18-38(22-24)25(2)27-7-9-28(10-8-27)29-11-13-30(36-21-29)12-6-26-14-19-37(20-15-26)23-31(16-4-17-31)32(33,34)35/h7-11,13,21,24,26H,2-6,12,14-20,22-23H2,1H3. The number of rotatable bonds is 8. The Bertz CT molecular complexity index is 1060. The Morgan fingerprint density at radius 3 is 2.26 bits per heavy atom. The van der Waals surface area contributed by atoms with E-state index >= 15 is 0 Å². The average molecular weight is 526 g/mol. The maximum atomic E-state index is 13.5. The number of alkyl halides is 3. The summed E-state index contributed by atoms with van der Waals surface area (Å²) in [4.78, 5) is 9.20. The van der Waals surface area contributed by atoms with E-state index in [1.54, 1.807) is 0 Å². The highest BCUT2D eigenvalue weighted by Gasteiger charge is 2.58. The highest BCUT2D eigenvalue weighted by atomic mass is 19.4. The van der Waals surface area contributed by atoms with Gasteiger partial charge in [0, 0.05) is 42.8 Å². The van der Waals surface area contributed by atoms with Crippen LogP contribution in [-0.4, -0.2) is 53.7 Å². The molecule has 206 valence electrons. The van der Waals surface area contributed by atoms with E-state index in [0.29, 0.717) is 25.2 Å². The van der Waals surface area contributed by atoms with Crippen molar-refractivity contribution >= 4 is 5.70 Å². The number of hydrogen-bond donors (Lipinski definition) is 0. The first-order chi connectivity index (χ1) is 18.2. The molecule has 38 heavy (non-hydrogen) atoms. The van der Waals surface area contributed by atoms with Crippen molar-refractivity contribution in [1.29, 1.82) is 0 Å². The number of aryl methyl sites for hydroxylation is 1. The molecule has 1 aliphatic carbocycles. The van der Waals surface area contributed by atoms with E-state index in [1.165, 1.54) is 18.4 Å². The number of likely N-dealkylation sites (tertiary alicyclic amines) is 2. The highest BCUT2D eigenvalue weighted by Crippen LogP contribution is 2.53. The number of pyridine rings is 1. The number of piperidine rings is 2. The molecule has 1 atom stereocenters. The molecule has 3 heterocycles. The molecular weight excluding hydrogens is 483 g/mol. The van der Waals surface area contributed by atoms with Crippen LogP contribution in [0.4, 0.5) is 13.2 Å². The molecule has 5 rings (SSSR count). The molecule has 2 aromatic rings. The molecule has 1 aromatic carbocycles. The van der Waals surface area contributed by atoms with Gasteiger partial charge in [0.1, 0.15) is 0 Å². The van der Waals surface area contributed by atoms with E-state index in [9.17, 15) is 13.2 Å². The molecule has 1 saturated carbocycles. The van der Waals surface area contributed by atoms with E-state index in [4.69, 9.17) is 4.98 Å². The van der Waals surface area contributed by atoms with Crippen LogP contribution in [0.1, 0.15) is 69.5 Å². The number of hydrogen-bond acceptors (Lipinski definition) is 3. The smallest absolute Gasteiger partial charge is 0.371 e. The molecule has 0 radical (unpaired) electrons. The van der Waals surface area contributed by atoms with Gasteiger partial charge in [-0.2, -0.15) is 13.2 Å². The number of aromatic nitrogens is 1. The largest absolute Gasteiger partial charge is 0.395 e. The van der Waals surface area contributed by atoms with Crippen molar-refractivity contribution in [1.82, 2.24) is 14.8 Å². The van der Waals surface area contributed by atoms with Crippen LogP contribution in [-0.2, 0) is 6.42 Å². The minimum atomic E-state index is -4.07. The van der Waals surface area contributed by atoms with E-state index in [1.807, 2.05) is 6.20 Å². The average Bonchev–Trinajstić information content (AvgIpc) is 2.89. The van der Waals surface area contributed by atoms with Crippen molar-refractivity contribution in [3.63, 3.8) is 0 Å². The molecule has 0 spiro atoms. The molecular formula is C32H42F3N3. The lowest BCUT2D eigenvalue weighted by atomic mass is 9.67. The SMILES string of the molecule is C=C(c1ccc(-c2ccc(CCC3CCN(CC4(C(F)(F)F)CCC4)CC3)nc2)cc1)N1CCCC(C)C1. The summed E-state index contributed by atoms with van der Waals surface area (Å²) in [5.41, 5.74) is 4.21. The second-order valence-corrected chi connectivity index (χ2v) is 12.1. The van der Waals surface area contributed by atoms with Gasteiger partial charge in [0.25, 0.3) is 0 Å². The maximum absolute atomic E-state index is 13.5. The Hall–Kier alpha value is -2.34. The van der Waals surface area contributed by atoms with Crippen LogP contribution in [0.2, 0.25) is 0 Å². The number of nitrogens with zero attached hydrogens (tertiary/aromatic N) is 3. The first-order valence-corrected chi connectivity index (χ1v) is 14.5. The first-order valence-electron chi connectivity index (χ1n) is 14.5. The second kappa shape index (κ2) is 11.4. The van der Waals surface area contributed by atoms with E-state index < -0.39 is 11.6 Å². The summed E-state index contributed by atoms with van der Waals surface area (Å²) < 4.78 is 40.6. The van der Waals surface area contributed by atoms with Gasteiger partial charge in [0.2, 0.25) is 0 Å². The Balaban J connectivity index is 1.08. The van der Waals surface area contributed by atoms with Crippen LogP contribution in [0, 0.1) is 17.3 Å². The molecule has 3 nitrogen and oxygen atoms in total. The zero-order chi connectivity index (χ0) is 26.8. The Morgan fingerprint density at radius 2 is 1.68 bits per heavy atom. The monoisotopic (exact) mass is 525 g/mol. The van der Waals surface area contributed by atoms with Gasteiger partial charge in [-0.1, -0.05) is 50.3 Å². The predicted molar refractivity (Wildman–Crippen MR) is 149 cm³/mol. The third-order valence-electron chi connectivity index (χ3n) is 9.37.